The number of piperidine rings is 1. The van der Waals surface area contributed by atoms with E-state index in [9.17, 15) is 31.2 Å². The topological polar surface area (TPSA) is 101 Å². The number of nitrogens with zero attached hydrogens (tertiary/aromatic N) is 2. The van der Waals surface area contributed by atoms with Crippen LogP contribution >= 0.6 is 0 Å². The van der Waals surface area contributed by atoms with Gasteiger partial charge in [-0.05, 0) is 80.9 Å². The minimum atomic E-state index is -4.19. The zero-order valence-electron chi connectivity index (χ0n) is 21.8. The second kappa shape index (κ2) is 11.5. The third-order valence-electron chi connectivity index (χ3n) is 8.68. The van der Waals surface area contributed by atoms with Crippen LogP contribution < -0.4 is 5.73 Å². The van der Waals surface area contributed by atoms with Crippen molar-refractivity contribution in [3.8, 4) is 0 Å². The Balaban J connectivity index is 1.38. The first-order chi connectivity index (χ1) is 17.8. The number of halogens is 3. The molecule has 4 rings (SSSR count). The Labute approximate surface area is 222 Å². The first-order valence-corrected chi connectivity index (χ1v) is 15.5. The third-order valence-corrected chi connectivity index (χ3v) is 9.45. The van der Waals surface area contributed by atoms with E-state index >= 15 is 0 Å². The van der Waals surface area contributed by atoms with Crippen molar-refractivity contribution in [2.24, 2.45) is 17.6 Å². The fourth-order valence-corrected chi connectivity index (χ4v) is 7.34. The van der Waals surface area contributed by atoms with Crippen molar-refractivity contribution in [1.82, 2.24) is 9.80 Å². The summed E-state index contributed by atoms with van der Waals surface area (Å²) in [4.78, 5) is 28.5. The minimum Gasteiger partial charge on any atom is -0.366 e. The van der Waals surface area contributed by atoms with Crippen LogP contribution in [0.3, 0.4) is 0 Å². The van der Waals surface area contributed by atoms with Gasteiger partial charge < -0.3 is 10.6 Å². The van der Waals surface area contributed by atoms with Crippen molar-refractivity contribution in [1.29, 1.82) is 0 Å². The fraction of sp³-hybridized carbons (Fsp3) is 0.704. The molecule has 2 saturated heterocycles. The summed E-state index contributed by atoms with van der Waals surface area (Å²) in [6.45, 7) is 1.27. The Morgan fingerprint density at radius 3 is 2.24 bits per heavy atom. The van der Waals surface area contributed by atoms with Gasteiger partial charge in [-0.15, -0.1) is 0 Å². The number of alkyl halides is 3. The summed E-state index contributed by atoms with van der Waals surface area (Å²) in [5, 5.41) is 0. The molecule has 212 valence electrons. The van der Waals surface area contributed by atoms with E-state index in [2.05, 4.69) is 4.90 Å². The number of carbonyl (C=O) groups is 2. The summed E-state index contributed by atoms with van der Waals surface area (Å²) in [5.74, 6) is -2.55. The van der Waals surface area contributed by atoms with Crippen LogP contribution in [0.25, 0.3) is 0 Å². The summed E-state index contributed by atoms with van der Waals surface area (Å²) >= 11 is 0. The summed E-state index contributed by atoms with van der Waals surface area (Å²) in [6, 6.07) is 8.13. The lowest BCUT2D eigenvalue weighted by atomic mass is 9.81. The Kier molecular flexibility index (Phi) is 8.76. The van der Waals surface area contributed by atoms with E-state index in [0.717, 1.165) is 37.5 Å². The quantitative estimate of drug-likeness (QED) is 0.499. The number of hydrogen-bond acceptors (Lipinski definition) is 5. The zero-order chi connectivity index (χ0) is 27.7. The van der Waals surface area contributed by atoms with Crippen LogP contribution in [0.1, 0.15) is 73.2 Å². The second-order valence-corrected chi connectivity index (χ2v) is 13.6. The number of amides is 2. The molecule has 1 aliphatic carbocycles. The largest absolute Gasteiger partial charge is 0.391 e. The van der Waals surface area contributed by atoms with Gasteiger partial charge in [0.1, 0.15) is 5.75 Å². The Morgan fingerprint density at radius 2 is 1.68 bits per heavy atom. The smallest absolute Gasteiger partial charge is 0.366 e. The van der Waals surface area contributed by atoms with Crippen LogP contribution in [0.2, 0.25) is 0 Å². The molecule has 2 heterocycles. The molecule has 7 nitrogen and oxygen atoms in total. The molecule has 3 aliphatic rings. The highest BCUT2D eigenvalue weighted by Crippen LogP contribution is 2.43. The molecule has 2 aliphatic heterocycles. The standard InChI is InChI=1S/C27H38F3N3O4S/c1-38(36,37)17-25(34)32(16-18-5-7-22(8-6-18)27(28,29)30)11-12-33-23-9-10-24(33)15-21(14-23)19-3-2-4-20(13-19)26(31)35/h2-4,13,18,21-24H,5-12,14-17H2,1H3,(H2,31,35)/t18?,21-,22?,23+,24-. The average Bonchev–Trinajstić information content (AvgIpc) is 3.06. The molecule has 38 heavy (non-hydrogen) atoms. The maximum absolute atomic E-state index is 13.1. The van der Waals surface area contributed by atoms with Crippen molar-refractivity contribution in [3.63, 3.8) is 0 Å². The number of hydrogen-bond donors (Lipinski definition) is 1. The number of carbonyl (C=O) groups excluding carboxylic acids is 2. The lowest BCUT2D eigenvalue weighted by Gasteiger charge is -2.41. The average molecular weight is 558 g/mol. The number of rotatable bonds is 9. The number of sulfone groups is 1. The first kappa shape index (κ1) is 28.9. The monoisotopic (exact) mass is 557 g/mol. The zero-order valence-corrected chi connectivity index (χ0v) is 22.6. The minimum absolute atomic E-state index is 0.0525. The van der Waals surface area contributed by atoms with Gasteiger partial charge in [-0.2, -0.15) is 13.2 Å². The number of benzene rings is 1. The third kappa shape index (κ3) is 7.28. The molecule has 11 heteroatoms. The van der Waals surface area contributed by atoms with Gasteiger partial charge in [0.25, 0.3) is 0 Å². The normalized spacial score (nSPS) is 28.3. The van der Waals surface area contributed by atoms with Crippen LogP contribution in [0.4, 0.5) is 13.2 Å². The van der Waals surface area contributed by atoms with Gasteiger partial charge in [0.05, 0.1) is 5.92 Å². The van der Waals surface area contributed by atoms with Crippen LogP contribution in [0.15, 0.2) is 24.3 Å². The Hall–Kier alpha value is -2.14. The molecule has 0 unspecified atom stereocenters. The van der Waals surface area contributed by atoms with E-state index in [1.165, 1.54) is 0 Å². The first-order valence-electron chi connectivity index (χ1n) is 13.5. The number of nitrogens with two attached hydrogens (primary N) is 1. The fourth-order valence-electron chi connectivity index (χ4n) is 6.71. The van der Waals surface area contributed by atoms with Gasteiger partial charge in [0.2, 0.25) is 11.8 Å². The summed E-state index contributed by atoms with van der Waals surface area (Å²) in [7, 11) is -3.52. The van der Waals surface area contributed by atoms with Gasteiger partial charge in [-0.3, -0.25) is 14.5 Å². The van der Waals surface area contributed by atoms with Gasteiger partial charge in [0.15, 0.2) is 9.84 Å². The summed E-state index contributed by atoms with van der Waals surface area (Å²) in [5.41, 5.74) is 7.07. The van der Waals surface area contributed by atoms with Crippen LogP contribution in [0.5, 0.6) is 0 Å². The molecule has 2 bridgehead atoms. The van der Waals surface area contributed by atoms with Crippen molar-refractivity contribution < 1.29 is 31.2 Å². The highest BCUT2D eigenvalue weighted by Gasteiger charge is 2.43. The molecule has 0 aromatic heterocycles. The van der Waals surface area contributed by atoms with Crippen molar-refractivity contribution in [3.05, 3.63) is 35.4 Å². The second-order valence-electron chi connectivity index (χ2n) is 11.4. The highest BCUT2D eigenvalue weighted by molar-refractivity contribution is 7.91. The predicted molar refractivity (Wildman–Crippen MR) is 138 cm³/mol. The van der Waals surface area contributed by atoms with Crippen molar-refractivity contribution >= 4 is 21.7 Å². The molecular formula is C27H38F3N3O4S. The molecule has 3 atom stereocenters. The molecule has 0 radical (unpaired) electrons. The van der Waals surface area contributed by atoms with Gasteiger partial charge in [-0.25, -0.2) is 8.42 Å². The predicted octanol–water partition coefficient (Wildman–Crippen LogP) is 3.74. The molecule has 3 fully saturated rings. The van der Waals surface area contributed by atoms with Crippen LogP contribution in [-0.2, 0) is 14.6 Å². The van der Waals surface area contributed by atoms with Crippen LogP contribution in [-0.4, -0.2) is 79.9 Å². The van der Waals surface area contributed by atoms with Crippen molar-refractivity contribution in [2.75, 3.05) is 31.6 Å². The highest BCUT2D eigenvalue weighted by atomic mass is 32.2. The Morgan fingerprint density at radius 1 is 1.05 bits per heavy atom. The Bertz CT molecular complexity index is 1100. The summed E-state index contributed by atoms with van der Waals surface area (Å²) < 4.78 is 62.9. The number of fused-ring (bicyclic) bond motifs is 2. The van der Waals surface area contributed by atoms with Crippen LogP contribution in [0, 0.1) is 11.8 Å². The van der Waals surface area contributed by atoms with Gasteiger partial charge in [0, 0.05) is 43.5 Å². The van der Waals surface area contributed by atoms with E-state index < -0.39 is 39.5 Å². The molecule has 1 saturated carbocycles. The number of primary amides is 1. The molecule has 0 spiro atoms. The molecule has 1 aromatic rings. The van der Waals surface area contributed by atoms with Gasteiger partial charge >= 0.3 is 6.18 Å². The SMILES string of the molecule is CS(=O)(=O)CC(=O)N(CCN1[C@@H]2CC[C@H]1C[C@@H](c1cccc(C(N)=O)c1)C2)CC1CCC(C(F)(F)F)CC1. The van der Waals surface area contributed by atoms with Crippen molar-refractivity contribution in [2.45, 2.75) is 75.5 Å². The van der Waals surface area contributed by atoms with E-state index in [-0.39, 0.29) is 18.8 Å². The van der Waals surface area contributed by atoms with E-state index in [0.29, 0.717) is 56.0 Å². The molecule has 2 amide bonds. The van der Waals surface area contributed by atoms with E-state index in [4.69, 9.17) is 5.73 Å². The van der Waals surface area contributed by atoms with E-state index in [1.54, 1.807) is 11.0 Å². The molecule has 1 aromatic carbocycles. The summed E-state index contributed by atoms with van der Waals surface area (Å²) in [6.07, 6.45) is 1.63. The molecule has 2 N–H and O–H groups in total. The van der Waals surface area contributed by atoms with Gasteiger partial charge in [-0.1, -0.05) is 12.1 Å². The lowest BCUT2D eigenvalue weighted by molar-refractivity contribution is -0.184. The lowest BCUT2D eigenvalue weighted by Crippen LogP contribution is -2.48. The maximum Gasteiger partial charge on any atom is 0.391 e. The molecular weight excluding hydrogens is 519 g/mol. The maximum atomic E-state index is 13.1. The van der Waals surface area contributed by atoms with E-state index in [1.807, 2.05) is 18.2 Å².